The van der Waals surface area contributed by atoms with Crippen LogP contribution in [0, 0.1) is 13.8 Å². The fourth-order valence-electron chi connectivity index (χ4n) is 4.94. The highest BCUT2D eigenvalue weighted by Crippen LogP contribution is 2.30. The van der Waals surface area contributed by atoms with Gasteiger partial charge < -0.3 is 0 Å². The summed E-state index contributed by atoms with van der Waals surface area (Å²) in [6.07, 6.45) is 0.115. The van der Waals surface area contributed by atoms with Gasteiger partial charge in [-0.15, -0.1) is 0 Å². The highest BCUT2D eigenvalue weighted by Gasteiger charge is 2.44. The lowest BCUT2D eigenvalue weighted by molar-refractivity contribution is -0.123. The summed E-state index contributed by atoms with van der Waals surface area (Å²) in [4.78, 5) is 29.5. The van der Waals surface area contributed by atoms with Crippen LogP contribution in [0.25, 0.3) is 10.8 Å². The Morgan fingerprint density at radius 1 is 0.824 bits per heavy atom. The highest BCUT2D eigenvalue weighted by atomic mass is 32.2. The standard InChI is InChI=1S/C26H27N3O4S/c1-18-7-10-23(19(2)15-18)29-25(30)17-24(26(29)31)27-11-13-28(14-12-27)34(32,33)22-9-8-20-5-3-4-6-21(20)16-22/h3-10,15-16,24H,11-14,17H2,1-2H3/t24-/m1/s1. The molecule has 0 unspecified atom stereocenters. The average Bonchev–Trinajstić information content (AvgIpc) is 3.12. The van der Waals surface area contributed by atoms with E-state index in [1.807, 2.05) is 67.3 Å². The smallest absolute Gasteiger partial charge is 0.251 e. The maximum absolute atomic E-state index is 13.3. The third-order valence-corrected chi connectivity index (χ3v) is 8.68. The van der Waals surface area contributed by atoms with Crippen molar-refractivity contribution in [2.24, 2.45) is 0 Å². The zero-order chi connectivity index (χ0) is 24.0. The predicted octanol–water partition coefficient (Wildman–Crippen LogP) is 3.10. The molecule has 7 nitrogen and oxygen atoms in total. The van der Waals surface area contributed by atoms with Gasteiger partial charge >= 0.3 is 0 Å². The van der Waals surface area contributed by atoms with E-state index in [2.05, 4.69) is 0 Å². The molecule has 5 rings (SSSR count). The Balaban J connectivity index is 1.30. The molecule has 2 aliphatic rings. The van der Waals surface area contributed by atoms with Crippen LogP contribution < -0.4 is 4.90 Å². The van der Waals surface area contributed by atoms with E-state index >= 15 is 0 Å². The molecule has 2 saturated heterocycles. The summed E-state index contributed by atoms with van der Waals surface area (Å²) in [5.74, 6) is -0.448. The SMILES string of the molecule is Cc1ccc(N2C(=O)C[C@@H](N3CCN(S(=O)(=O)c4ccc5ccccc5c4)CC3)C2=O)c(C)c1. The molecule has 0 N–H and O–H groups in total. The van der Waals surface area contributed by atoms with Crippen LogP contribution in [0.3, 0.4) is 0 Å². The van der Waals surface area contributed by atoms with E-state index in [1.54, 1.807) is 12.1 Å². The number of carbonyl (C=O) groups is 2. The molecular weight excluding hydrogens is 450 g/mol. The molecule has 3 aromatic rings. The lowest BCUT2D eigenvalue weighted by atomic mass is 10.1. The van der Waals surface area contributed by atoms with Gasteiger partial charge in [-0.05, 0) is 48.4 Å². The van der Waals surface area contributed by atoms with E-state index < -0.39 is 16.1 Å². The minimum Gasteiger partial charge on any atom is -0.289 e. The number of amides is 2. The molecule has 8 heteroatoms. The van der Waals surface area contributed by atoms with Gasteiger partial charge in [-0.1, -0.05) is 48.0 Å². The Morgan fingerprint density at radius 3 is 2.24 bits per heavy atom. The summed E-state index contributed by atoms with van der Waals surface area (Å²) in [6.45, 7) is 5.22. The first-order valence-corrected chi connectivity index (χ1v) is 12.9. The number of rotatable bonds is 4. The second-order valence-electron chi connectivity index (χ2n) is 9.03. The van der Waals surface area contributed by atoms with Gasteiger partial charge in [-0.25, -0.2) is 13.3 Å². The first-order valence-electron chi connectivity index (χ1n) is 11.4. The first kappa shape index (κ1) is 22.7. The Kier molecular flexibility index (Phi) is 5.75. The van der Waals surface area contributed by atoms with Crippen molar-refractivity contribution in [1.29, 1.82) is 0 Å². The van der Waals surface area contributed by atoms with Gasteiger partial charge in [0, 0.05) is 26.2 Å². The molecule has 2 heterocycles. The van der Waals surface area contributed by atoms with Gasteiger partial charge in [0.25, 0.3) is 5.91 Å². The van der Waals surface area contributed by atoms with Crippen molar-refractivity contribution in [3.63, 3.8) is 0 Å². The lowest BCUT2D eigenvalue weighted by Gasteiger charge is -2.36. The van der Waals surface area contributed by atoms with E-state index in [4.69, 9.17) is 0 Å². The van der Waals surface area contributed by atoms with E-state index in [-0.39, 0.29) is 36.2 Å². The summed E-state index contributed by atoms with van der Waals surface area (Å²) in [7, 11) is -3.64. The highest BCUT2D eigenvalue weighted by molar-refractivity contribution is 7.89. The minimum absolute atomic E-state index is 0.115. The molecule has 0 saturated carbocycles. The van der Waals surface area contributed by atoms with Crippen molar-refractivity contribution in [2.45, 2.75) is 31.2 Å². The monoisotopic (exact) mass is 477 g/mol. The zero-order valence-corrected chi connectivity index (χ0v) is 20.1. The van der Waals surface area contributed by atoms with Gasteiger partial charge in [-0.2, -0.15) is 4.31 Å². The topological polar surface area (TPSA) is 78.0 Å². The summed E-state index contributed by atoms with van der Waals surface area (Å²) in [6, 6.07) is 17.9. The third kappa shape index (κ3) is 3.91. The third-order valence-electron chi connectivity index (χ3n) is 6.79. The van der Waals surface area contributed by atoms with E-state index in [9.17, 15) is 18.0 Å². The van der Waals surface area contributed by atoms with Crippen molar-refractivity contribution in [3.05, 3.63) is 71.8 Å². The average molecular weight is 478 g/mol. The van der Waals surface area contributed by atoms with Crippen molar-refractivity contribution in [3.8, 4) is 0 Å². The molecule has 0 bridgehead atoms. The largest absolute Gasteiger partial charge is 0.289 e. The molecule has 2 fully saturated rings. The number of sulfonamides is 1. The van der Waals surface area contributed by atoms with Crippen LogP contribution >= 0.6 is 0 Å². The molecule has 2 amide bonds. The van der Waals surface area contributed by atoms with Crippen molar-refractivity contribution >= 4 is 38.3 Å². The molecule has 2 aliphatic heterocycles. The number of aryl methyl sites for hydroxylation is 2. The van der Waals surface area contributed by atoms with Crippen molar-refractivity contribution < 1.29 is 18.0 Å². The second kappa shape index (κ2) is 8.61. The molecule has 176 valence electrons. The van der Waals surface area contributed by atoms with Crippen LogP contribution in [0.5, 0.6) is 0 Å². The zero-order valence-electron chi connectivity index (χ0n) is 19.3. The van der Waals surface area contributed by atoms with Crippen LogP contribution in [0.15, 0.2) is 65.6 Å². The first-order chi connectivity index (χ1) is 16.3. The molecule has 1 atom stereocenters. The summed E-state index contributed by atoms with van der Waals surface area (Å²) in [5.41, 5.74) is 2.58. The number of anilines is 1. The van der Waals surface area contributed by atoms with E-state index in [0.29, 0.717) is 18.8 Å². The van der Waals surface area contributed by atoms with Gasteiger partial charge in [0.15, 0.2) is 0 Å². The normalized spacial score (nSPS) is 20.4. The minimum atomic E-state index is -3.64. The molecular formula is C26H27N3O4S. The number of hydrogen-bond donors (Lipinski definition) is 0. The van der Waals surface area contributed by atoms with Crippen molar-refractivity contribution in [2.75, 3.05) is 31.1 Å². The van der Waals surface area contributed by atoms with Gasteiger partial charge in [0.2, 0.25) is 15.9 Å². The second-order valence-corrected chi connectivity index (χ2v) is 11.0. The maximum atomic E-state index is 13.3. The van der Waals surface area contributed by atoms with Gasteiger partial charge in [0.1, 0.15) is 0 Å². The number of benzene rings is 3. The van der Waals surface area contributed by atoms with Crippen LogP contribution in [0.1, 0.15) is 17.5 Å². The summed E-state index contributed by atoms with van der Waals surface area (Å²) < 4.78 is 28.0. The number of nitrogens with zero attached hydrogens (tertiary/aromatic N) is 3. The Bertz CT molecular complexity index is 1390. The molecule has 0 spiro atoms. The summed E-state index contributed by atoms with van der Waals surface area (Å²) >= 11 is 0. The lowest BCUT2D eigenvalue weighted by Crippen LogP contribution is -2.53. The number of piperazine rings is 1. The number of carbonyl (C=O) groups excluding carboxylic acids is 2. The predicted molar refractivity (Wildman–Crippen MR) is 131 cm³/mol. The number of hydrogen-bond acceptors (Lipinski definition) is 5. The van der Waals surface area contributed by atoms with Crippen LogP contribution in [-0.2, 0) is 19.6 Å². The van der Waals surface area contributed by atoms with Crippen molar-refractivity contribution in [1.82, 2.24) is 9.21 Å². The quantitative estimate of drug-likeness (QED) is 0.540. The Labute approximate surface area is 199 Å². The molecule has 0 aromatic heterocycles. The summed E-state index contributed by atoms with van der Waals surface area (Å²) in [5, 5.41) is 1.87. The molecule has 34 heavy (non-hydrogen) atoms. The van der Waals surface area contributed by atoms with Gasteiger partial charge in [-0.3, -0.25) is 14.5 Å². The molecule has 0 aliphatic carbocycles. The fourth-order valence-corrected chi connectivity index (χ4v) is 6.40. The number of fused-ring (bicyclic) bond motifs is 1. The molecule has 3 aromatic carbocycles. The van der Waals surface area contributed by atoms with Gasteiger partial charge in [0.05, 0.1) is 23.0 Å². The van der Waals surface area contributed by atoms with E-state index in [0.717, 1.165) is 21.9 Å². The van der Waals surface area contributed by atoms with E-state index in [1.165, 1.54) is 9.21 Å². The Morgan fingerprint density at radius 2 is 1.53 bits per heavy atom. The fraction of sp³-hybridized carbons (Fsp3) is 0.308. The van der Waals surface area contributed by atoms with Crippen LogP contribution in [0.2, 0.25) is 0 Å². The Hall–Kier alpha value is -3.07. The molecule has 0 radical (unpaired) electrons. The number of imide groups is 1. The maximum Gasteiger partial charge on any atom is 0.251 e. The van der Waals surface area contributed by atoms with Crippen LogP contribution in [0.4, 0.5) is 5.69 Å². The van der Waals surface area contributed by atoms with Crippen LogP contribution in [-0.4, -0.2) is 61.7 Å².